The second-order valence-electron chi connectivity index (χ2n) is 6.76. The summed E-state index contributed by atoms with van der Waals surface area (Å²) in [6.07, 6.45) is 1.07. The Balaban J connectivity index is 1.59. The minimum Gasteiger partial charge on any atom is -0.411 e. The van der Waals surface area contributed by atoms with Crippen molar-refractivity contribution in [1.82, 2.24) is 10.2 Å². The number of carbonyl (C=O) groups is 1. The lowest BCUT2D eigenvalue weighted by molar-refractivity contribution is 0.102. The topological polar surface area (TPSA) is 105 Å². The number of nitrogens with zero attached hydrogens (tertiary/aromatic N) is 3. The molecule has 0 bridgehead atoms. The molecule has 0 radical (unpaired) electrons. The maximum atomic E-state index is 12.4. The highest BCUT2D eigenvalue weighted by molar-refractivity contribution is 7.99. The zero-order chi connectivity index (χ0) is 22.4. The zero-order valence-electron chi connectivity index (χ0n) is 17.5. The van der Waals surface area contributed by atoms with Crippen LogP contribution in [0, 0.1) is 0 Å². The van der Waals surface area contributed by atoms with E-state index < -0.39 is 10.0 Å². The largest absolute Gasteiger partial charge is 0.411 e. The Kier molecular flexibility index (Phi) is 7.34. The van der Waals surface area contributed by atoms with Gasteiger partial charge in [0, 0.05) is 35.6 Å². The first-order valence-corrected chi connectivity index (χ1v) is 12.6. The molecule has 0 saturated heterocycles. The standard InChI is InChI=1S/C21H24N4O4S2/c1-4-25(5-2)18-12-8-16(9-13-18)20-22-23-21(29-20)30-14-19(26)15-6-10-17(11-7-15)24-31(3,27)28/h6-13,24H,4-5,14H2,1-3H3. The van der Waals surface area contributed by atoms with E-state index >= 15 is 0 Å². The van der Waals surface area contributed by atoms with Crippen LogP contribution in [0.3, 0.4) is 0 Å². The van der Waals surface area contributed by atoms with Crippen molar-refractivity contribution >= 4 is 38.9 Å². The third-order valence-corrected chi connectivity index (χ3v) is 5.91. The van der Waals surface area contributed by atoms with E-state index in [9.17, 15) is 13.2 Å². The summed E-state index contributed by atoms with van der Waals surface area (Å²) in [5.41, 5.74) is 2.82. The number of anilines is 2. The van der Waals surface area contributed by atoms with E-state index in [1.54, 1.807) is 24.3 Å². The Morgan fingerprint density at radius 2 is 1.68 bits per heavy atom. The number of hydrogen-bond donors (Lipinski definition) is 1. The monoisotopic (exact) mass is 460 g/mol. The van der Waals surface area contributed by atoms with Crippen LogP contribution in [0.4, 0.5) is 11.4 Å². The molecular weight excluding hydrogens is 436 g/mol. The number of thioether (sulfide) groups is 1. The normalized spacial score (nSPS) is 11.3. The number of ketones is 1. The zero-order valence-corrected chi connectivity index (χ0v) is 19.2. The summed E-state index contributed by atoms with van der Waals surface area (Å²) in [6.45, 7) is 6.09. The highest BCUT2D eigenvalue weighted by Gasteiger charge is 2.13. The SMILES string of the molecule is CCN(CC)c1ccc(-c2nnc(SCC(=O)c3ccc(NS(C)(=O)=O)cc3)o2)cc1. The number of Topliss-reactive ketones (excluding diaryl/α,β-unsaturated/α-hetero) is 1. The van der Waals surface area contributed by atoms with Crippen LogP contribution in [0.5, 0.6) is 0 Å². The van der Waals surface area contributed by atoms with E-state index in [0.29, 0.717) is 22.4 Å². The summed E-state index contributed by atoms with van der Waals surface area (Å²) in [7, 11) is -3.36. The molecule has 0 aliphatic rings. The Hall–Kier alpha value is -2.85. The summed E-state index contributed by atoms with van der Waals surface area (Å²) < 4.78 is 30.5. The molecule has 2 aromatic carbocycles. The van der Waals surface area contributed by atoms with Crippen LogP contribution in [-0.4, -0.2) is 49.5 Å². The van der Waals surface area contributed by atoms with Crippen molar-refractivity contribution < 1.29 is 17.6 Å². The van der Waals surface area contributed by atoms with E-state index in [1.165, 1.54) is 0 Å². The van der Waals surface area contributed by atoms with Gasteiger partial charge in [0.05, 0.1) is 12.0 Å². The number of sulfonamides is 1. The fourth-order valence-corrected chi connectivity index (χ4v) is 4.16. The number of hydrogen-bond acceptors (Lipinski definition) is 8. The van der Waals surface area contributed by atoms with Gasteiger partial charge in [0.25, 0.3) is 5.22 Å². The molecule has 164 valence electrons. The lowest BCUT2D eigenvalue weighted by Gasteiger charge is -2.20. The van der Waals surface area contributed by atoms with Crippen LogP contribution in [0.2, 0.25) is 0 Å². The van der Waals surface area contributed by atoms with E-state index in [-0.39, 0.29) is 11.5 Å². The lowest BCUT2D eigenvalue weighted by atomic mass is 10.1. The van der Waals surface area contributed by atoms with Gasteiger partial charge in [-0.25, -0.2) is 8.42 Å². The predicted octanol–water partition coefficient (Wildman–Crippen LogP) is 3.93. The van der Waals surface area contributed by atoms with Crippen molar-refractivity contribution in [2.45, 2.75) is 19.1 Å². The second-order valence-corrected chi connectivity index (χ2v) is 9.43. The van der Waals surface area contributed by atoms with Gasteiger partial charge >= 0.3 is 0 Å². The van der Waals surface area contributed by atoms with Gasteiger partial charge in [-0.05, 0) is 62.4 Å². The average molecular weight is 461 g/mol. The smallest absolute Gasteiger partial charge is 0.277 e. The maximum absolute atomic E-state index is 12.4. The molecule has 31 heavy (non-hydrogen) atoms. The summed E-state index contributed by atoms with van der Waals surface area (Å²) >= 11 is 1.16. The van der Waals surface area contributed by atoms with Gasteiger partial charge in [0.2, 0.25) is 15.9 Å². The van der Waals surface area contributed by atoms with Crippen molar-refractivity contribution in [1.29, 1.82) is 0 Å². The van der Waals surface area contributed by atoms with Gasteiger partial charge in [-0.15, -0.1) is 10.2 Å². The van der Waals surface area contributed by atoms with Gasteiger partial charge < -0.3 is 9.32 Å². The molecular formula is C21H24N4O4S2. The Bertz CT molecular complexity index is 1120. The molecule has 0 atom stereocenters. The predicted molar refractivity (Wildman–Crippen MR) is 123 cm³/mol. The third kappa shape index (κ3) is 6.31. The van der Waals surface area contributed by atoms with Gasteiger partial charge in [0.15, 0.2) is 5.78 Å². The molecule has 10 heteroatoms. The first kappa shape index (κ1) is 22.8. The molecule has 0 aliphatic carbocycles. The third-order valence-electron chi connectivity index (χ3n) is 4.49. The van der Waals surface area contributed by atoms with Crippen molar-refractivity contribution in [3.8, 4) is 11.5 Å². The van der Waals surface area contributed by atoms with Crippen LogP contribution in [0.1, 0.15) is 24.2 Å². The molecule has 0 unspecified atom stereocenters. The van der Waals surface area contributed by atoms with Crippen LogP contribution in [0.15, 0.2) is 58.2 Å². The van der Waals surface area contributed by atoms with Crippen LogP contribution in [-0.2, 0) is 10.0 Å². The first-order valence-electron chi connectivity index (χ1n) is 9.71. The highest BCUT2D eigenvalue weighted by Crippen LogP contribution is 2.26. The highest BCUT2D eigenvalue weighted by atomic mass is 32.2. The summed E-state index contributed by atoms with van der Waals surface area (Å²) in [5, 5.41) is 8.39. The van der Waals surface area contributed by atoms with Crippen molar-refractivity contribution in [3.05, 3.63) is 54.1 Å². The second kappa shape index (κ2) is 9.97. The molecule has 0 spiro atoms. The van der Waals surface area contributed by atoms with E-state index in [2.05, 4.69) is 33.7 Å². The number of rotatable bonds is 10. The molecule has 3 aromatic rings. The molecule has 0 amide bonds. The fraction of sp³-hybridized carbons (Fsp3) is 0.286. The van der Waals surface area contributed by atoms with Gasteiger partial charge in [-0.3, -0.25) is 9.52 Å². The fourth-order valence-electron chi connectivity index (χ4n) is 2.94. The van der Waals surface area contributed by atoms with Crippen LogP contribution < -0.4 is 9.62 Å². The molecule has 0 fully saturated rings. The molecule has 1 heterocycles. The number of nitrogens with one attached hydrogen (secondary N) is 1. The van der Waals surface area contributed by atoms with E-state index in [1.807, 2.05) is 24.3 Å². The van der Waals surface area contributed by atoms with Crippen molar-refractivity contribution in [2.75, 3.05) is 34.7 Å². The lowest BCUT2D eigenvalue weighted by Crippen LogP contribution is -2.21. The summed E-state index contributed by atoms with van der Waals surface area (Å²) in [5.74, 6) is 0.401. The van der Waals surface area contributed by atoms with Crippen molar-refractivity contribution in [2.24, 2.45) is 0 Å². The summed E-state index contributed by atoms with van der Waals surface area (Å²) in [6, 6.07) is 14.2. The first-order chi connectivity index (χ1) is 14.8. The molecule has 3 rings (SSSR count). The van der Waals surface area contributed by atoms with Gasteiger partial charge in [-0.2, -0.15) is 0 Å². The number of aromatic nitrogens is 2. The number of carbonyl (C=O) groups excluding carboxylic acids is 1. The quantitative estimate of drug-likeness (QED) is 0.358. The molecule has 0 aliphatic heterocycles. The Morgan fingerprint density at radius 1 is 1.03 bits per heavy atom. The number of benzene rings is 2. The maximum Gasteiger partial charge on any atom is 0.277 e. The Labute approximate surface area is 186 Å². The minimum absolute atomic E-state index is 0.126. The molecule has 1 aromatic heterocycles. The minimum atomic E-state index is -3.36. The van der Waals surface area contributed by atoms with Gasteiger partial charge in [0.1, 0.15) is 0 Å². The van der Waals surface area contributed by atoms with Gasteiger partial charge in [-0.1, -0.05) is 11.8 Å². The van der Waals surface area contributed by atoms with Crippen LogP contribution in [0.25, 0.3) is 11.5 Å². The summed E-state index contributed by atoms with van der Waals surface area (Å²) in [4.78, 5) is 14.6. The van der Waals surface area contributed by atoms with Crippen LogP contribution >= 0.6 is 11.8 Å². The van der Waals surface area contributed by atoms with E-state index in [0.717, 1.165) is 42.4 Å². The average Bonchev–Trinajstić information content (AvgIpc) is 3.22. The molecule has 8 nitrogen and oxygen atoms in total. The molecule has 0 saturated carbocycles. The van der Waals surface area contributed by atoms with E-state index in [4.69, 9.17) is 4.42 Å². The molecule has 1 N–H and O–H groups in total. The Morgan fingerprint density at radius 3 is 2.26 bits per heavy atom. The van der Waals surface area contributed by atoms with Crippen molar-refractivity contribution in [3.63, 3.8) is 0 Å².